The smallest absolute Gasteiger partial charge is 0.212 e. The fourth-order valence-electron chi connectivity index (χ4n) is 2.50. The van der Waals surface area contributed by atoms with Crippen LogP contribution in [0, 0.1) is 0 Å². The van der Waals surface area contributed by atoms with Crippen molar-refractivity contribution in [3.05, 3.63) is 0 Å². The van der Waals surface area contributed by atoms with Crippen LogP contribution in [0.1, 0.15) is 45.4 Å². The molecule has 1 saturated carbocycles. The summed E-state index contributed by atoms with van der Waals surface area (Å²) >= 11 is 0. The molecule has 2 fully saturated rings. The molecule has 2 unspecified atom stereocenters. The molecule has 0 N–H and O–H groups in total. The van der Waals surface area contributed by atoms with Gasteiger partial charge in [-0.1, -0.05) is 26.2 Å². The molecule has 82 valence electrons. The van der Waals surface area contributed by atoms with Crippen molar-refractivity contribution < 1.29 is 8.42 Å². The maximum atomic E-state index is 11.8. The van der Waals surface area contributed by atoms with Gasteiger partial charge in [0.25, 0.3) is 0 Å². The molecule has 0 amide bonds. The van der Waals surface area contributed by atoms with Crippen molar-refractivity contribution in [3.63, 3.8) is 0 Å². The summed E-state index contributed by atoms with van der Waals surface area (Å²) in [7, 11) is -2.90. The minimum absolute atomic E-state index is 0.358. The van der Waals surface area contributed by atoms with E-state index in [1.165, 1.54) is 12.8 Å². The van der Waals surface area contributed by atoms with Gasteiger partial charge >= 0.3 is 0 Å². The number of hydrogen-bond acceptors (Lipinski definition) is 2. The van der Waals surface area contributed by atoms with Crippen LogP contribution >= 0.6 is 0 Å². The van der Waals surface area contributed by atoms with Gasteiger partial charge in [-0.25, -0.2) is 8.42 Å². The quantitative estimate of drug-likeness (QED) is 0.673. The van der Waals surface area contributed by atoms with Crippen molar-refractivity contribution in [1.82, 2.24) is 4.31 Å². The van der Waals surface area contributed by atoms with Crippen LogP contribution in [0.4, 0.5) is 0 Å². The topological polar surface area (TPSA) is 37.1 Å². The average molecular weight is 217 g/mol. The van der Waals surface area contributed by atoms with E-state index in [1.807, 2.05) is 6.92 Å². The Hall–Kier alpha value is -0.0900. The van der Waals surface area contributed by atoms with E-state index in [2.05, 4.69) is 0 Å². The van der Waals surface area contributed by atoms with E-state index >= 15 is 0 Å². The molecule has 4 heteroatoms. The van der Waals surface area contributed by atoms with Crippen LogP contribution in [0.3, 0.4) is 0 Å². The Balaban J connectivity index is 1.96. The Morgan fingerprint density at radius 2 is 1.79 bits per heavy atom. The molecule has 1 saturated heterocycles. The normalized spacial score (nSPS) is 36.5. The Labute approximate surface area is 86.5 Å². The summed E-state index contributed by atoms with van der Waals surface area (Å²) in [5, 5.41) is 0. The molecular formula is C10H19NO2S. The first-order valence-corrected chi connectivity index (χ1v) is 7.29. The standard InChI is InChI=1S/C10H19NO2S/c1-2-3-8-14(12,13)11-9-6-4-5-7-10(9)11/h9-10H,2-8H2,1H3. The van der Waals surface area contributed by atoms with Crippen LogP contribution < -0.4 is 0 Å². The van der Waals surface area contributed by atoms with Crippen LogP contribution in [-0.2, 0) is 10.0 Å². The molecule has 0 radical (unpaired) electrons. The molecule has 3 nitrogen and oxygen atoms in total. The van der Waals surface area contributed by atoms with Crippen molar-refractivity contribution in [3.8, 4) is 0 Å². The molecule has 1 aliphatic carbocycles. The monoisotopic (exact) mass is 217 g/mol. The Morgan fingerprint density at radius 3 is 2.29 bits per heavy atom. The van der Waals surface area contributed by atoms with Crippen molar-refractivity contribution in [2.24, 2.45) is 0 Å². The molecule has 0 aromatic rings. The number of hydrogen-bond donors (Lipinski definition) is 0. The van der Waals surface area contributed by atoms with Gasteiger partial charge in [0.15, 0.2) is 0 Å². The van der Waals surface area contributed by atoms with Crippen LogP contribution in [0.2, 0.25) is 0 Å². The Morgan fingerprint density at radius 1 is 1.21 bits per heavy atom. The summed E-state index contributed by atoms with van der Waals surface area (Å²) in [4.78, 5) is 0. The molecule has 1 heterocycles. The van der Waals surface area contributed by atoms with E-state index in [0.29, 0.717) is 17.8 Å². The number of sulfonamides is 1. The molecule has 2 rings (SSSR count). The second kappa shape index (κ2) is 3.81. The predicted molar refractivity (Wildman–Crippen MR) is 56.6 cm³/mol. The highest BCUT2D eigenvalue weighted by atomic mass is 32.2. The van der Waals surface area contributed by atoms with Gasteiger partial charge in [0.05, 0.1) is 5.75 Å². The van der Waals surface area contributed by atoms with Crippen LogP contribution in [0.5, 0.6) is 0 Å². The molecule has 2 aliphatic rings. The fraction of sp³-hybridized carbons (Fsp3) is 1.00. The van der Waals surface area contributed by atoms with Crippen molar-refractivity contribution in [2.75, 3.05) is 5.75 Å². The molecule has 0 aromatic carbocycles. The summed E-state index contributed by atoms with van der Waals surface area (Å²) in [6, 6.07) is 0.760. The van der Waals surface area contributed by atoms with Crippen LogP contribution in [0.25, 0.3) is 0 Å². The first-order chi connectivity index (χ1) is 6.67. The number of unbranched alkanes of at least 4 members (excludes halogenated alkanes) is 1. The lowest BCUT2D eigenvalue weighted by Gasteiger charge is -2.04. The largest absolute Gasteiger partial charge is 0.214 e. The zero-order valence-corrected chi connectivity index (χ0v) is 9.59. The lowest BCUT2D eigenvalue weighted by molar-refractivity contribution is 0.542. The summed E-state index contributed by atoms with van der Waals surface area (Å²) in [6.07, 6.45) is 6.37. The third-order valence-electron chi connectivity index (χ3n) is 3.33. The maximum absolute atomic E-state index is 11.8. The molecule has 0 bridgehead atoms. The summed E-state index contributed by atoms with van der Waals surface area (Å²) in [6.45, 7) is 2.03. The summed E-state index contributed by atoms with van der Waals surface area (Å²) in [5.41, 5.74) is 0. The molecule has 0 aromatic heterocycles. The third-order valence-corrected chi connectivity index (χ3v) is 5.32. The van der Waals surface area contributed by atoms with E-state index in [9.17, 15) is 8.42 Å². The van der Waals surface area contributed by atoms with Gasteiger partial charge in [-0.3, -0.25) is 0 Å². The maximum Gasteiger partial charge on any atom is 0.214 e. The fourth-order valence-corrected chi connectivity index (χ4v) is 4.63. The summed E-state index contributed by atoms with van der Waals surface area (Å²) < 4.78 is 25.5. The highest BCUT2D eigenvalue weighted by Gasteiger charge is 2.54. The predicted octanol–water partition coefficient (Wildman–Crippen LogP) is 1.74. The van der Waals surface area contributed by atoms with Gasteiger partial charge in [0, 0.05) is 12.1 Å². The van der Waals surface area contributed by atoms with Crippen molar-refractivity contribution in [2.45, 2.75) is 57.5 Å². The van der Waals surface area contributed by atoms with Gasteiger partial charge in [-0.05, 0) is 19.3 Å². The molecule has 0 spiro atoms. The average Bonchev–Trinajstić information content (AvgIpc) is 2.89. The second-order valence-corrected chi connectivity index (χ2v) is 6.41. The number of fused-ring (bicyclic) bond motifs is 1. The molecular weight excluding hydrogens is 198 g/mol. The second-order valence-electron chi connectivity index (χ2n) is 4.42. The van der Waals surface area contributed by atoms with Gasteiger partial charge in [-0.2, -0.15) is 4.31 Å². The van der Waals surface area contributed by atoms with E-state index in [4.69, 9.17) is 0 Å². The van der Waals surface area contributed by atoms with Crippen LogP contribution in [-0.4, -0.2) is 30.6 Å². The molecule has 2 atom stereocenters. The van der Waals surface area contributed by atoms with E-state index in [-0.39, 0.29) is 0 Å². The first-order valence-electron chi connectivity index (χ1n) is 5.68. The van der Waals surface area contributed by atoms with Gasteiger partial charge in [-0.15, -0.1) is 0 Å². The van der Waals surface area contributed by atoms with E-state index in [0.717, 1.165) is 25.7 Å². The minimum Gasteiger partial charge on any atom is -0.212 e. The van der Waals surface area contributed by atoms with Gasteiger partial charge in [0.2, 0.25) is 10.0 Å². The van der Waals surface area contributed by atoms with Gasteiger partial charge < -0.3 is 0 Å². The zero-order chi connectivity index (χ0) is 10.2. The minimum atomic E-state index is -2.90. The Kier molecular flexibility index (Phi) is 2.84. The van der Waals surface area contributed by atoms with E-state index < -0.39 is 10.0 Å². The van der Waals surface area contributed by atoms with E-state index in [1.54, 1.807) is 4.31 Å². The third kappa shape index (κ3) is 1.82. The highest BCUT2D eigenvalue weighted by Crippen LogP contribution is 2.42. The molecule has 1 aliphatic heterocycles. The van der Waals surface area contributed by atoms with Crippen molar-refractivity contribution in [1.29, 1.82) is 0 Å². The molecule has 14 heavy (non-hydrogen) atoms. The van der Waals surface area contributed by atoms with Crippen LogP contribution in [0.15, 0.2) is 0 Å². The first kappa shape index (κ1) is 10.4. The summed E-state index contributed by atoms with van der Waals surface area (Å²) in [5.74, 6) is 0.358. The SMILES string of the molecule is CCCCS(=O)(=O)N1C2CCCCC21. The van der Waals surface area contributed by atoms with Crippen molar-refractivity contribution >= 4 is 10.0 Å². The highest BCUT2D eigenvalue weighted by molar-refractivity contribution is 7.89. The number of rotatable bonds is 4. The van der Waals surface area contributed by atoms with Gasteiger partial charge in [0.1, 0.15) is 0 Å². The lowest BCUT2D eigenvalue weighted by Crippen LogP contribution is -2.18. The lowest BCUT2D eigenvalue weighted by atomic mass is 10.0. The Bertz CT molecular complexity index is 287. The zero-order valence-electron chi connectivity index (χ0n) is 8.78. The number of nitrogens with zero attached hydrogens (tertiary/aromatic N) is 1.